The third-order valence-electron chi connectivity index (χ3n) is 3.86. The molecule has 0 bridgehead atoms. The van der Waals surface area contributed by atoms with Crippen molar-refractivity contribution in [1.29, 1.82) is 0 Å². The first-order valence-electron chi connectivity index (χ1n) is 7.70. The molecule has 0 spiro atoms. The lowest BCUT2D eigenvalue weighted by Crippen LogP contribution is -2.42. The molecule has 0 radical (unpaired) electrons. The van der Waals surface area contributed by atoms with Gasteiger partial charge < -0.3 is 10.6 Å². The van der Waals surface area contributed by atoms with E-state index in [0.717, 1.165) is 24.0 Å². The summed E-state index contributed by atoms with van der Waals surface area (Å²) in [5.74, 6) is -0.291. The first-order chi connectivity index (χ1) is 10.0. The summed E-state index contributed by atoms with van der Waals surface area (Å²) in [6.07, 6.45) is 5.73. The lowest BCUT2D eigenvalue weighted by atomic mass is 9.95. The Kier molecular flexibility index (Phi) is 5.37. The van der Waals surface area contributed by atoms with Gasteiger partial charge in [-0.25, -0.2) is 0 Å². The van der Waals surface area contributed by atoms with Crippen LogP contribution >= 0.6 is 0 Å². The van der Waals surface area contributed by atoms with Crippen LogP contribution in [0.15, 0.2) is 18.2 Å². The molecule has 1 aliphatic rings. The number of carbonyl (C=O) groups excluding carboxylic acids is 2. The fraction of sp³-hybridized carbons (Fsp3) is 0.529. The quantitative estimate of drug-likeness (QED) is 0.894. The van der Waals surface area contributed by atoms with Crippen molar-refractivity contribution in [3.8, 4) is 0 Å². The number of carbonyl (C=O) groups is 2. The average Bonchev–Trinajstić information content (AvgIpc) is 2.45. The number of hydrogen-bond acceptors (Lipinski definition) is 2. The Morgan fingerprint density at radius 2 is 1.67 bits per heavy atom. The van der Waals surface area contributed by atoms with Crippen molar-refractivity contribution in [2.24, 2.45) is 0 Å². The van der Waals surface area contributed by atoms with Crippen molar-refractivity contribution < 1.29 is 9.59 Å². The Balaban J connectivity index is 1.81. The Bertz CT molecular complexity index is 499. The SMILES string of the molecule is Cc1cc(C)cc(C(=O)NCC(=O)NC2CCCCC2)c1. The van der Waals surface area contributed by atoms with E-state index in [2.05, 4.69) is 10.6 Å². The highest BCUT2D eigenvalue weighted by molar-refractivity contribution is 5.96. The van der Waals surface area contributed by atoms with Crippen LogP contribution in [0, 0.1) is 13.8 Å². The smallest absolute Gasteiger partial charge is 0.251 e. The molecule has 4 heteroatoms. The molecule has 1 saturated carbocycles. The first-order valence-corrected chi connectivity index (χ1v) is 7.70. The summed E-state index contributed by atoms with van der Waals surface area (Å²) >= 11 is 0. The number of aryl methyl sites for hydroxylation is 2. The van der Waals surface area contributed by atoms with Gasteiger partial charge in [-0.2, -0.15) is 0 Å². The molecule has 21 heavy (non-hydrogen) atoms. The maximum Gasteiger partial charge on any atom is 0.251 e. The van der Waals surface area contributed by atoms with Gasteiger partial charge in [-0.1, -0.05) is 36.5 Å². The lowest BCUT2D eigenvalue weighted by molar-refractivity contribution is -0.121. The van der Waals surface area contributed by atoms with Gasteiger partial charge in [0.1, 0.15) is 0 Å². The zero-order valence-corrected chi connectivity index (χ0v) is 12.9. The molecule has 0 saturated heterocycles. The van der Waals surface area contributed by atoms with Gasteiger partial charge in [0.05, 0.1) is 6.54 Å². The second-order valence-electron chi connectivity index (χ2n) is 5.96. The highest BCUT2D eigenvalue weighted by Crippen LogP contribution is 2.17. The van der Waals surface area contributed by atoms with Crippen molar-refractivity contribution >= 4 is 11.8 Å². The maximum absolute atomic E-state index is 12.1. The van der Waals surface area contributed by atoms with Crippen LogP contribution in [-0.2, 0) is 4.79 Å². The van der Waals surface area contributed by atoms with Crippen LogP contribution in [0.5, 0.6) is 0 Å². The Hall–Kier alpha value is -1.84. The van der Waals surface area contributed by atoms with Gasteiger partial charge in [0, 0.05) is 11.6 Å². The van der Waals surface area contributed by atoms with Crippen molar-refractivity contribution in [3.63, 3.8) is 0 Å². The van der Waals surface area contributed by atoms with Crippen LogP contribution in [0.3, 0.4) is 0 Å². The fourth-order valence-corrected chi connectivity index (χ4v) is 2.89. The Morgan fingerprint density at radius 3 is 2.29 bits per heavy atom. The van der Waals surface area contributed by atoms with Gasteiger partial charge in [0.2, 0.25) is 5.91 Å². The van der Waals surface area contributed by atoms with Gasteiger partial charge in [-0.3, -0.25) is 9.59 Å². The van der Waals surface area contributed by atoms with E-state index in [1.165, 1.54) is 19.3 Å². The molecule has 0 atom stereocenters. The summed E-state index contributed by atoms with van der Waals surface area (Å²) < 4.78 is 0. The van der Waals surface area contributed by atoms with Crippen LogP contribution in [-0.4, -0.2) is 24.4 Å². The molecule has 0 unspecified atom stereocenters. The molecule has 0 aliphatic heterocycles. The molecule has 4 nitrogen and oxygen atoms in total. The average molecular weight is 288 g/mol. The molecule has 114 valence electrons. The van der Waals surface area contributed by atoms with E-state index < -0.39 is 0 Å². The molecule has 1 aromatic rings. The summed E-state index contributed by atoms with van der Waals surface area (Å²) in [5, 5.41) is 5.69. The van der Waals surface area contributed by atoms with Crippen LogP contribution < -0.4 is 10.6 Å². The van der Waals surface area contributed by atoms with Crippen molar-refractivity contribution in [2.45, 2.75) is 52.0 Å². The number of amides is 2. The molecule has 2 amide bonds. The zero-order chi connectivity index (χ0) is 15.2. The van der Waals surface area contributed by atoms with E-state index in [4.69, 9.17) is 0 Å². The second kappa shape index (κ2) is 7.25. The van der Waals surface area contributed by atoms with Crippen LogP contribution in [0.25, 0.3) is 0 Å². The van der Waals surface area contributed by atoms with Crippen LogP contribution in [0.2, 0.25) is 0 Å². The number of benzene rings is 1. The number of hydrogen-bond donors (Lipinski definition) is 2. The van der Waals surface area contributed by atoms with E-state index >= 15 is 0 Å². The molecule has 2 rings (SSSR count). The van der Waals surface area contributed by atoms with E-state index in [1.54, 1.807) is 0 Å². The van der Waals surface area contributed by atoms with Gasteiger partial charge in [-0.15, -0.1) is 0 Å². The minimum absolute atomic E-state index is 0.0440. The predicted octanol–water partition coefficient (Wildman–Crippen LogP) is 2.48. The highest BCUT2D eigenvalue weighted by Gasteiger charge is 2.16. The van der Waals surface area contributed by atoms with E-state index in [-0.39, 0.29) is 24.4 Å². The zero-order valence-electron chi connectivity index (χ0n) is 12.9. The predicted molar refractivity (Wildman–Crippen MR) is 83.3 cm³/mol. The van der Waals surface area contributed by atoms with Crippen molar-refractivity contribution in [2.75, 3.05) is 6.54 Å². The maximum atomic E-state index is 12.1. The second-order valence-corrected chi connectivity index (χ2v) is 5.96. The highest BCUT2D eigenvalue weighted by atomic mass is 16.2. The summed E-state index contributed by atoms with van der Waals surface area (Å²) in [5.41, 5.74) is 2.71. The van der Waals surface area contributed by atoms with Gasteiger partial charge >= 0.3 is 0 Å². The lowest BCUT2D eigenvalue weighted by Gasteiger charge is -2.22. The normalized spacial score (nSPS) is 15.5. The Labute approximate surface area is 126 Å². The van der Waals surface area contributed by atoms with E-state index in [9.17, 15) is 9.59 Å². The summed E-state index contributed by atoms with van der Waals surface area (Å²) in [6.45, 7) is 3.96. The molecular formula is C17H24N2O2. The summed E-state index contributed by atoms with van der Waals surface area (Å²) in [6, 6.07) is 5.97. The molecule has 0 heterocycles. The summed E-state index contributed by atoms with van der Waals surface area (Å²) in [4.78, 5) is 23.9. The van der Waals surface area contributed by atoms with Gasteiger partial charge in [0.15, 0.2) is 0 Å². The topological polar surface area (TPSA) is 58.2 Å². The van der Waals surface area contributed by atoms with Gasteiger partial charge in [0.25, 0.3) is 5.91 Å². The van der Waals surface area contributed by atoms with Crippen LogP contribution in [0.4, 0.5) is 0 Å². The molecule has 0 aromatic heterocycles. The summed E-state index contributed by atoms with van der Waals surface area (Å²) in [7, 11) is 0. The van der Waals surface area contributed by atoms with Gasteiger partial charge in [-0.05, 0) is 38.8 Å². The molecule has 1 aromatic carbocycles. The fourth-order valence-electron chi connectivity index (χ4n) is 2.89. The van der Waals surface area contributed by atoms with Crippen molar-refractivity contribution in [3.05, 3.63) is 34.9 Å². The number of rotatable bonds is 4. The first kappa shape index (κ1) is 15.5. The minimum Gasteiger partial charge on any atom is -0.352 e. The monoisotopic (exact) mass is 288 g/mol. The van der Waals surface area contributed by atoms with E-state index in [0.29, 0.717) is 5.56 Å². The third-order valence-corrected chi connectivity index (χ3v) is 3.86. The molecule has 2 N–H and O–H groups in total. The third kappa shape index (κ3) is 4.88. The Morgan fingerprint density at radius 1 is 1.05 bits per heavy atom. The number of nitrogens with one attached hydrogen (secondary N) is 2. The minimum atomic E-state index is -0.194. The van der Waals surface area contributed by atoms with Crippen LogP contribution in [0.1, 0.15) is 53.6 Å². The largest absolute Gasteiger partial charge is 0.352 e. The standard InChI is InChI=1S/C17H24N2O2/c1-12-8-13(2)10-14(9-12)17(21)18-11-16(20)19-15-6-4-3-5-7-15/h8-10,15H,3-7,11H2,1-2H3,(H,18,21)(H,19,20). The molecule has 1 aliphatic carbocycles. The molecule has 1 fully saturated rings. The molecular weight excluding hydrogens is 264 g/mol. The van der Waals surface area contributed by atoms with E-state index in [1.807, 2.05) is 32.0 Å². The van der Waals surface area contributed by atoms with Crippen molar-refractivity contribution in [1.82, 2.24) is 10.6 Å².